The molecule has 3 N–H and O–H groups in total. The molecule has 1 saturated carbocycles. The largest absolute Gasteiger partial charge is 0.352 e. The van der Waals surface area contributed by atoms with Crippen molar-refractivity contribution in [2.75, 3.05) is 9.80 Å². The van der Waals surface area contributed by atoms with E-state index in [0.717, 1.165) is 47.4 Å². The van der Waals surface area contributed by atoms with Gasteiger partial charge in [-0.15, -0.1) is 0 Å². The van der Waals surface area contributed by atoms with Gasteiger partial charge in [-0.3, -0.25) is 15.7 Å². The van der Waals surface area contributed by atoms with E-state index in [9.17, 15) is 0 Å². The molecule has 0 spiro atoms. The summed E-state index contributed by atoms with van der Waals surface area (Å²) in [7, 11) is 0. The first kappa shape index (κ1) is 18.8. The van der Waals surface area contributed by atoms with Gasteiger partial charge in [0.2, 0.25) is 0 Å². The van der Waals surface area contributed by atoms with Crippen molar-refractivity contribution in [3.8, 4) is 11.5 Å². The molecule has 1 fully saturated rings. The summed E-state index contributed by atoms with van der Waals surface area (Å²) in [5.74, 6) is 2.28. The molecule has 0 saturated heterocycles. The first-order valence-electron chi connectivity index (χ1n) is 10.8. The van der Waals surface area contributed by atoms with E-state index < -0.39 is 0 Å². The molecule has 30 heavy (non-hydrogen) atoms. The fourth-order valence-electron chi connectivity index (χ4n) is 4.96. The molecule has 7 heteroatoms. The number of nitrogens with zero attached hydrogens (tertiary/aromatic N) is 4. The highest BCUT2D eigenvalue weighted by molar-refractivity contribution is 6.22. The van der Waals surface area contributed by atoms with Gasteiger partial charge < -0.3 is 9.88 Å². The van der Waals surface area contributed by atoms with E-state index in [1.54, 1.807) is 18.0 Å². The van der Waals surface area contributed by atoms with Gasteiger partial charge in [-0.1, -0.05) is 38.0 Å². The third-order valence-electron chi connectivity index (χ3n) is 6.34. The summed E-state index contributed by atoms with van der Waals surface area (Å²) in [5.41, 5.74) is 2.69. The maximum absolute atomic E-state index is 8.83. The lowest BCUT2D eigenvalue weighted by Gasteiger charge is -2.45. The molecule has 1 unspecified atom stereocenters. The standard InChI is InChI=1S/C23H27N7/c1-3-19-21(25)29(14(2)24)20-13-26-22(18-12-15-8-4-7-11-17(15)27-18)28-23(20)30(19)16-9-5-6-10-16/h4,7-8,11-13,16,19,24-25,27H,3,5-6,9-10H2,1-2H3. The molecule has 5 rings (SSSR count). The minimum Gasteiger partial charge on any atom is -0.352 e. The second-order valence-corrected chi connectivity index (χ2v) is 8.25. The molecule has 0 amide bonds. The number of amidine groups is 2. The Labute approximate surface area is 176 Å². The van der Waals surface area contributed by atoms with Crippen LogP contribution in [0.4, 0.5) is 11.5 Å². The number of fused-ring (bicyclic) bond motifs is 2. The molecule has 3 heterocycles. The topological polar surface area (TPSA) is 95.8 Å². The Hall–Kier alpha value is -3.22. The van der Waals surface area contributed by atoms with E-state index in [1.807, 2.05) is 12.1 Å². The van der Waals surface area contributed by atoms with Crippen molar-refractivity contribution in [3.05, 3.63) is 36.5 Å². The molecular formula is C23H27N7. The summed E-state index contributed by atoms with van der Waals surface area (Å²) in [4.78, 5) is 17.1. The fourth-order valence-corrected chi connectivity index (χ4v) is 4.96. The smallest absolute Gasteiger partial charge is 0.178 e. The van der Waals surface area contributed by atoms with Gasteiger partial charge in [0.05, 0.1) is 17.9 Å². The highest BCUT2D eigenvalue weighted by Gasteiger charge is 2.41. The lowest BCUT2D eigenvalue weighted by Crippen LogP contribution is -2.57. The number of hydrogen-bond donors (Lipinski definition) is 3. The molecule has 2 aromatic heterocycles. The Morgan fingerprint density at radius 3 is 2.70 bits per heavy atom. The molecule has 1 aliphatic heterocycles. The number of rotatable bonds is 3. The van der Waals surface area contributed by atoms with E-state index in [0.29, 0.717) is 23.5 Å². The average Bonchev–Trinajstić information content (AvgIpc) is 3.42. The van der Waals surface area contributed by atoms with Gasteiger partial charge in [-0.2, -0.15) is 0 Å². The molecule has 7 nitrogen and oxygen atoms in total. The number of nitrogens with one attached hydrogen (secondary N) is 3. The minimum atomic E-state index is -0.0774. The fraction of sp³-hybridized carbons (Fsp3) is 0.391. The summed E-state index contributed by atoms with van der Waals surface area (Å²) >= 11 is 0. The molecule has 154 valence electrons. The third kappa shape index (κ3) is 2.88. The molecule has 1 atom stereocenters. The van der Waals surface area contributed by atoms with Crippen LogP contribution in [0.5, 0.6) is 0 Å². The molecule has 1 aromatic carbocycles. The van der Waals surface area contributed by atoms with Crippen LogP contribution in [-0.4, -0.2) is 38.7 Å². The number of para-hydroxylation sites is 1. The normalized spacial score (nSPS) is 19.5. The summed E-state index contributed by atoms with van der Waals surface area (Å²) < 4.78 is 0. The Balaban J connectivity index is 1.67. The van der Waals surface area contributed by atoms with Crippen LogP contribution in [0.25, 0.3) is 22.4 Å². The van der Waals surface area contributed by atoms with E-state index in [2.05, 4.69) is 40.0 Å². The van der Waals surface area contributed by atoms with Crippen LogP contribution < -0.4 is 9.80 Å². The number of hydrogen-bond acceptors (Lipinski definition) is 5. The Kier molecular flexibility index (Phi) is 4.53. The van der Waals surface area contributed by atoms with Crippen molar-refractivity contribution in [2.24, 2.45) is 0 Å². The van der Waals surface area contributed by atoms with Crippen LogP contribution in [0.1, 0.15) is 46.0 Å². The predicted octanol–water partition coefficient (Wildman–Crippen LogP) is 4.95. The van der Waals surface area contributed by atoms with E-state index in [4.69, 9.17) is 15.8 Å². The summed E-state index contributed by atoms with van der Waals surface area (Å²) in [6, 6.07) is 10.6. The highest BCUT2D eigenvalue weighted by atomic mass is 15.4. The van der Waals surface area contributed by atoms with Crippen molar-refractivity contribution < 1.29 is 0 Å². The van der Waals surface area contributed by atoms with Gasteiger partial charge >= 0.3 is 0 Å². The maximum Gasteiger partial charge on any atom is 0.178 e. The zero-order valence-corrected chi connectivity index (χ0v) is 17.4. The van der Waals surface area contributed by atoms with Crippen LogP contribution in [0.3, 0.4) is 0 Å². The second-order valence-electron chi connectivity index (χ2n) is 8.25. The molecule has 1 aliphatic carbocycles. The zero-order chi connectivity index (χ0) is 20.8. The summed E-state index contributed by atoms with van der Waals surface area (Å²) in [6.45, 7) is 3.84. The molecule has 0 radical (unpaired) electrons. The molecule has 3 aromatic rings. The van der Waals surface area contributed by atoms with Crippen molar-refractivity contribution in [3.63, 3.8) is 0 Å². The van der Waals surface area contributed by atoms with Gasteiger partial charge in [-0.05, 0) is 38.3 Å². The average molecular weight is 402 g/mol. The van der Waals surface area contributed by atoms with Crippen LogP contribution in [0, 0.1) is 10.8 Å². The van der Waals surface area contributed by atoms with Gasteiger partial charge in [0.15, 0.2) is 11.6 Å². The van der Waals surface area contributed by atoms with Crippen molar-refractivity contribution in [1.82, 2.24) is 15.0 Å². The van der Waals surface area contributed by atoms with Crippen molar-refractivity contribution >= 4 is 34.1 Å². The van der Waals surface area contributed by atoms with E-state index in [-0.39, 0.29) is 6.04 Å². The van der Waals surface area contributed by atoms with Crippen LogP contribution >= 0.6 is 0 Å². The summed E-state index contributed by atoms with van der Waals surface area (Å²) in [6.07, 6.45) is 7.27. The Morgan fingerprint density at radius 1 is 1.23 bits per heavy atom. The first-order chi connectivity index (χ1) is 14.6. The highest BCUT2D eigenvalue weighted by Crippen LogP contribution is 2.41. The van der Waals surface area contributed by atoms with E-state index >= 15 is 0 Å². The molecule has 0 bridgehead atoms. The number of H-pyrrole nitrogens is 1. The molecule has 2 aliphatic rings. The monoisotopic (exact) mass is 401 g/mol. The number of benzene rings is 1. The minimum absolute atomic E-state index is 0.0774. The lowest BCUT2D eigenvalue weighted by atomic mass is 10.0. The zero-order valence-electron chi connectivity index (χ0n) is 17.4. The first-order valence-corrected chi connectivity index (χ1v) is 10.8. The van der Waals surface area contributed by atoms with Gasteiger partial charge in [0.1, 0.15) is 17.4 Å². The van der Waals surface area contributed by atoms with Crippen molar-refractivity contribution in [1.29, 1.82) is 10.8 Å². The Morgan fingerprint density at radius 2 is 2.00 bits per heavy atom. The number of anilines is 2. The van der Waals surface area contributed by atoms with Gasteiger partial charge in [-0.25, -0.2) is 9.97 Å². The third-order valence-corrected chi connectivity index (χ3v) is 6.34. The van der Waals surface area contributed by atoms with Gasteiger partial charge in [0, 0.05) is 16.9 Å². The number of aromatic amines is 1. The Bertz CT molecular complexity index is 1090. The molecular weight excluding hydrogens is 374 g/mol. The van der Waals surface area contributed by atoms with Crippen LogP contribution in [0.2, 0.25) is 0 Å². The second kappa shape index (κ2) is 7.23. The quantitative estimate of drug-likeness (QED) is 0.427. The SMILES string of the molecule is CCC1C(=N)N(C(C)=N)c2cnc(-c3cc4ccccc4[nH]3)nc2N1C1CCCC1. The maximum atomic E-state index is 8.83. The summed E-state index contributed by atoms with van der Waals surface area (Å²) in [5, 5.41) is 18.2. The van der Waals surface area contributed by atoms with Crippen LogP contribution in [-0.2, 0) is 0 Å². The van der Waals surface area contributed by atoms with Crippen molar-refractivity contribution in [2.45, 2.75) is 58.0 Å². The van der Waals surface area contributed by atoms with Crippen LogP contribution in [0.15, 0.2) is 36.5 Å². The van der Waals surface area contributed by atoms with Gasteiger partial charge in [0.25, 0.3) is 0 Å². The number of aromatic nitrogens is 3. The van der Waals surface area contributed by atoms with E-state index in [1.165, 1.54) is 12.8 Å². The lowest BCUT2D eigenvalue weighted by molar-refractivity contribution is 0.547. The predicted molar refractivity (Wildman–Crippen MR) is 122 cm³/mol.